The summed E-state index contributed by atoms with van der Waals surface area (Å²) < 4.78 is 45.2. The van der Waals surface area contributed by atoms with Crippen LogP contribution in [0.2, 0.25) is 0 Å². The van der Waals surface area contributed by atoms with Crippen molar-refractivity contribution in [2.24, 2.45) is 5.41 Å². The molecule has 0 aromatic heterocycles. The van der Waals surface area contributed by atoms with Crippen LogP contribution in [0.3, 0.4) is 0 Å². The largest absolute Gasteiger partial charge is 0.497 e. The highest BCUT2D eigenvalue weighted by molar-refractivity contribution is 7.89. The van der Waals surface area contributed by atoms with Crippen molar-refractivity contribution < 1.29 is 27.4 Å². The zero-order valence-corrected chi connectivity index (χ0v) is 20.3. The fourth-order valence-electron chi connectivity index (χ4n) is 4.59. The second-order valence-corrected chi connectivity index (χ2v) is 10.8. The zero-order valence-electron chi connectivity index (χ0n) is 19.5. The van der Waals surface area contributed by atoms with Gasteiger partial charge in [-0.3, -0.25) is 4.79 Å². The van der Waals surface area contributed by atoms with Crippen LogP contribution in [0.1, 0.15) is 19.3 Å². The smallest absolute Gasteiger partial charge is 0.243 e. The molecule has 2 saturated heterocycles. The minimum Gasteiger partial charge on any atom is -0.497 e. The molecule has 0 radical (unpaired) electrons. The van der Waals surface area contributed by atoms with Gasteiger partial charge in [-0.05, 0) is 37.1 Å². The monoisotopic (exact) mass is 488 g/mol. The molecule has 4 rings (SSSR count). The van der Waals surface area contributed by atoms with E-state index >= 15 is 0 Å². The van der Waals surface area contributed by atoms with Gasteiger partial charge in [0.15, 0.2) is 0 Å². The van der Waals surface area contributed by atoms with E-state index in [4.69, 9.17) is 14.2 Å². The van der Waals surface area contributed by atoms with Crippen LogP contribution in [0.4, 0.5) is 0 Å². The van der Waals surface area contributed by atoms with E-state index in [9.17, 15) is 13.2 Å². The molecule has 2 fully saturated rings. The van der Waals surface area contributed by atoms with Gasteiger partial charge in [-0.15, -0.1) is 0 Å². The fraction of sp³-hybridized carbons (Fsp3) is 0.480. The first kappa shape index (κ1) is 24.5. The number of sulfonamides is 1. The average molecular weight is 489 g/mol. The number of piperidine rings is 1. The molecule has 2 aromatic rings. The van der Waals surface area contributed by atoms with Crippen molar-refractivity contribution in [3.63, 3.8) is 0 Å². The van der Waals surface area contributed by atoms with Crippen molar-refractivity contribution in [1.82, 2.24) is 9.21 Å². The van der Waals surface area contributed by atoms with E-state index in [1.165, 1.54) is 17.5 Å². The predicted octanol–water partition coefficient (Wildman–Crippen LogP) is 2.79. The molecular formula is C25H32N2O6S. The van der Waals surface area contributed by atoms with Crippen molar-refractivity contribution in [3.05, 3.63) is 54.6 Å². The number of rotatable bonds is 8. The lowest BCUT2D eigenvalue weighted by molar-refractivity contribution is -0.139. The Morgan fingerprint density at radius 2 is 1.76 bits per heavy atom. The number of morpholine rings is 1. The Labute approximate surface area is 201 Å². The van der Waals surface area contributed by atoms with Crippen molar-refractivity contribution in [2.75, 3.05) is 53.1 Å². The van der Waals surface area contributed by atoms with Gasteiger partial charge in [0.25, 0.3) is 0 Å². The maximum absolute atomic E-state index is 13.5. The van der Waals surface area contributed by atoms with E-state index < -0.39 is 15.4 Å². The molecule has 1 unspecified atom stereocenters. The van der Waals surface area contributed by atoms with Crippen LogP contribution in [-0.2, 0) is 19.6 Å². The van der Waals surface area contributed by atoms with Crippen LogP contribution >= 0.6 is 0 Å². The predicted molar refractivity (Wildman–Crippen MR) is 127 cm³/mol. The van der Waals surface area contributed by atoms with Crippen molar-refractivity contribution in [1.29, 1.82) is 0 Å². The van der Waals surface area contributed by atoms with Gasteiger partial charge in [-0.25, -0.2) is 8.42 Å². The SMILES string of the molecule is COc1cccc(S(=O)(=O)N2CCCC(COc3ccccc3)(CC(=O)N3CCOCC3)C2)c1. The van der Waals surface area contributed by atoms with Crippen LogP contribution in [-0.4, -0.2) is 76.6 Å². The molecule has 1 amide bonds. The number of nitrogens with zero attached hydrogens (tertiary/aromatic N) is 2. The Hall–Kier alpha value is -2.62. The topological polar surface area (TPSA) is 85.4 Å². The van der Waals surface area contributed by atoms with Gasteiger partial charge in [0.1, 0.15) is 11.5 Å². The summed E-state index contributed by atoms with van der Waals surface area (Å²) in [6.45, 7) is 3.04. The third-order valence-corrected chi connectivity index (χ3v) is 8.32. The minimum absolute atomic E-state index is 0.0144. The minimum atomic E-state index is -3.76. The molecule has 0 aliphatic carbocycles. The van der Waals surface area contributed by atoms with Crippen LogP contribution in [0.15, 0.2) is 59.5 Å². The highest BCUT2D eigenvalue weighted by atomic mass is 32.2. The van der Waals surface area contributed by atoms with Gasteiger partial charge in [-0.2, -0.15) is 4.31 Å². The number of hydrogen-bond acceptors (Lipinski definition) is 6. The Kier molecular flexibility index (Phi) is 7.75. The summed E-state index contributed by atoms with van der Waals surface area (Å²) in [6, 6.07) is 15.9. The molecule has 34 heavy (non-hydrogen) atoms. The molecule has 1 atom stereocenters. The summed E-state index contributed by atoms with van der Waals surface area (Å²) in [7, 11) is -2.25. The molecule has 0 saturated carbocycles. The quantitative estimate of drug-likeness (QED) is 0.568. The normalized spacial score (nSPS) is 21.7. The highest BCUT2D eigenvalue weighted by Crippen LogP contribution is 2.37. The summed E-state index contributed by atoms with van der Waals surface area (Å²) in [4.78, 5) is 15.2. The number of ether oxygens (including phenoxy) is 3. The van der Waals surface area contributed by atoms with Crippen molar-refractivity contribution in [3.8, 4) is 11.5 Å². The maximum atomic E-state index is 13.5. The van der Waals surface area contributed by atoms with Gasteiger partial charge < -0.3 is 19.1 Å². The number of hydrogen-bond donors (Lipinski definition) is 0. The summed E-state index contributed by atoms with van der Waals surface area (Å²) in [6.07, 6.45) is 1.59. The Bertz CT molecular complexity index is 1070. The molecule has 0 spiro atoms. The molecular weight excluding hydrogens is 456 g/mol. The third-order valence-electron chi connectivity index (χ3n) is 6.48. The Morgan fingerprint density at radius 3 is 2.50 bits per heavy atom. The number of carbonyl (C=O) groups excluding carboxylic acids is 1. The molecule has 2 aromatic carbocycles. The standard InChI is InChI=1S/C25H32N2O6S/c1-31-22-9-5-10-23(17-22)34(29,30)27-12-6-11-25(19-27,20-33-21-7-3-2-4-8-21)18-24(28)26-13-15-32-16-14-26/h2-5,7-10,17H,6,11-16,18-20H2,1H3. The Balaban J connectivity index is 1.58. The lowest BCUT2D eigenvalue weighted by Crippen LogP contribution is -2.51. The summed E-state index contributed by atoms with van der Waals surface area (Å²) >= 11 is 0. The zero-order chi connectivity index (χ0) is 24.0. The van der Waals surface area contributed by atoms with Gasteiger partial charge in [0, 0.05) is 44.1 Å². The summed E-state index contributed by atoms with van der Waals surface area (Å²) in [5.74, 6) is 1.20. The number of benzene rings is 2. The molecule has 2 aliphatic rings. The van der Waals surface area contributed by atoms with E-state index in [-0.39, 0.29) is 30.4 Å². The fourth-order valence-corrected chi connectivity index (χ4v) is 6.22. The summed E-state index contributed by atoms with van der Waals surface area (Å²) in [5.41, 5.74) is -0.630. The number of methoxy groups -OCH3 is 1. The number of para-hydroxylation sites is 1. The van der Waals surface area contributed by atoms with Crippen LogP contribution in [0.25, 0.3) is 0 Å². The van der Waals surface area contributed by atoms with E-state index in [0.29, 0.717) is 57.2 Å². The summed E-state index contributed by atoms with van der Waals surface area (Å²) in [5, 5.41) is 0. The molecule has 2 heterocycles. The van der Waals surface area contributed by atoms with Crippen LogP contribution in [0.5, 0.6) is 11.5 Å². The molecule has 0 N–H and O–H groups in total. The maximum Gasteiger partial charge on any atom is 0.243 e. The second kappa shape index (κ2) is 10.8. The van der Waals surface area contributed by atoms with E-state index in [0.717, 1.165) is 0 Å². The lowest BCUT2D eigenvalue weighted by atomic mass is 9.78. The van der Waals surface area contributed by atoms with Gasteiger partial charge in [0.2, 0.25) is 15.9 Å². The van der Waals surface area contributed by atoms with Crippen LogP contribution in [0, 0.1) is 5.41 Å². The van der Waals surface area contributed by atoms with Crippen LogP contribution < -0.4 is 9.47 Å². The van der Waals surface area contributed by atoms with E-state index in [2.05, 4.69) is 0 Å². The van der Waals surface area contributed by atoms with Gasteiger partial charge >= 0.3 is 0 Å². The van der Waals surface area contributed by atoms with Crippen molar-refractivity contribution in [2.45, 2.75) is 24.2 Å². The molecule has 0 bridgehead atoms. The first-order chi connectivity index (χ1) is 16.4. The molecule has 2 aliphatic heterocycles. The van der Waals surface area contributed by atoms with Crippen molar-refractivity contribution >= 4 is 15.9 Å². The first-order valence-corrected chi connectivity index (χ1v) is 13.0. The first-order valence-electron chi connectivity index (χ1n) is 11.6. The lowest BCUT2D eigenvalue weighted by Gasteiger charge is -2.42. The average Bonchev–Trinajstić information content (AvgIpc) is 2.89. The number of carbonyl (C=O) groups is 1. The third kappa shape index (κ3) is 5.71. The molecule has 184 valence electrons. The molecule has 8 nitrogen and oxygen atoms in total. The Morgan fingerprint density at radius 1 is 1.03 bits per heavy atom. The second-order valence-electron chi connectivity index (χ2n) is 8.89. The van der Waals surface area contributed by atoms with Gasteiger partial charge in [-0.1, -0.05) is 24.3 Å². The van der Waals surface area contributed by atoms with E-state index in [1.807, 2.05) is 35.2 Å². The highest BCUT2D eigenvalue weighted by Gasteiger charge is 2.43. The van der Waals surface area contributed by atoms with Gasteiger partial charge in [0.05, 0.1) is 31.8 Å². The molecule has 9 heteroatoms. The van der Waals surface area contributed by atoms with E-state index in [1.54, 1.807) is 18.2 Å². The number of amides is 1.